The van der Waals surface area contributed by atoms with Gasteiger partial charge in [0.05, 0.1) is 23.5 Å². The Kier molecular flexibility index (Phi) is 11.5. The molecule has 2 aliphatic carbocycles. The van der Waals surface area contributed by atoms with Gasteiger partial charge in [-0.3, -0.25) is 9.59 Å². The number of rotatable bonds is 5. The van der Waals surface area contributed by atoms with Crippen molar-refractivity contribution in [3.05, 3.63) is 40.6 Å². The largest absolute Gasteiger partial charge is 0.394 e. The quantitative estimate of drug-likeness (QED) is 0.145. The number of nitrogens with zero attached hydrogens (tertiary/aromatic N) is 2. The summed E-state index contributed by atoms with van der Waals surface area (Å²) in [5.41, 5.74) is 5.59. The number of allylic oxidation sites excluding steroid dienone is 1. The zero-order valence-corrected chi connectivity index (χ0v) is 22.5. The SMILES string of the molecule is CC.N=C(/C=C(\N)C(=O)N1CCCCC12CC2)c1cc(Cl)ncc1F.O=CNC1CCC(C(F)(F)F)CC1. The molecule has 2 saturated carbocycles. The Hall–Kier alpha value is -2.69. The molecule has 0 radical (unpaired) electrons. The average Bonchev–Trinajstić information content (AvgIpc) is 3.66. The van der Waals surface area contributed by atoms with E-state index in [0.29, 0.717) is 25.8 Å². The molecule has 7 nitrogen and oxygen atoms in total. The number of halogens is 5. The first kappa shape index (κ1) is 31.5. The average molecular weight is 562 g/mol. The van der Waals surface area contributed by atoms with Crippen molar-refractivity contribution in [1.82, 2.24) is 15.2 Å². The normalized spacial score (nSPS) is 22.3. The van der Waals surface area contributed by atoms with Gasteiger partial charge in [0.1, 0.15) is 5.15 Å². The molecule has 4 rings (SSSR count). The molecular weight excluding hydrogens is 526 g/mol. The van der Waals surface area contributed by atoms with Crippen LogP contribution in [-0.4, -0.2) is 52.2 Å². The monoisotopic (exact) mass is 561 g/mol. The number of hydrogen-bond donors (Lipinski definition) is 3. The van der Waals surface area contributed by atoms with Crippen molar-refractivity contribution in [2.75, 3.05) is 6.54 Å². The zero-order valence-electron chi connectivity index (χ0n) is 21.7. The van der Waals surface area contributed by atoms with Crippen LogP contribution in [-0.2, 0) is 9.59 Å². The molecule has 2 heterocycles. The van der Waals surface area contributed by atoms with Gasteiger partial charge >= 0.3 is 6.18 Å². The molecule has 3 aliphatic rings. The predicted molar refractivity (Wildman–Crippen MR) is 138 cm³/mol. The van der Waals surface area contributed by atoms with E-state index < -0.39 is 17.9 Å². The fraction of sp³-hybridized carbons (Fsp3) is 0.615. The highest BCUT2D eigenvalue weighted by Gasteiger charge is 2.51. The van der Waals surface area contributed by atoms with Crippen LogP contribution < -0.4 is 11.1 Å². The second-order valence-electron chi connectivity index (χ2n) is 9.51. The number of nitrogens with two attached hydrogens (primary N) is 1. The summed E-state index contributed by atoms with van der Waals surface area (Å²) in [5.74, 6) is -2.11. The van der Waals surface area contributed by atoms with E-state index in [1.807, 2.05) is 18.7 Å². The van der Waals surface area contributed by atoms with E-state index in [2.05, 4.69) is 10.3 Å². The third-order valence-electron chi connectivity index (χ3n) is 7.07. The van der Waals surface area contributed by atoms with Crippen LogP contribution in [0.4, 0.5) is 17.6 Å². The van der Waals surface area contributed by atoms with Gasteiger partial charge in [-0.1, -0.05) is 25.4 Å². The highest BCUT2D eigenvalue weighted by Crippen LogP contribution is 2.48. The minimum Gasteiger partial charge on any atom is -0.394 e. The van der Waals surface area contributed by atoms with Crippen molar-refractivity contribution < 1.29 is 27.2 Å². The molecule has 0 atom stereocenters. The number of carbonyl (C=O) groups excluding carboxylic acids is 2. The van der Waals surface area contributed by atoms with Crippen LogP contribution in [0, 0.1) is 17.1 Å². The number of amides is 2. The number of pyridine rings is 1. The van der Waals surface area contributed by atoms with Crippen molar-refractivity contribution in [1.29, 1.82) is 5.41 Å². The second-order valence-corrected chi connectivity index (χ2v) is 9.90. The highest BCUT2D eigenvalue weighted by atomic mass is 35.5. The van der Waals surface area contributed by atoms with Crippen LogP contribution in [0.15, 0.2) is 24.0 Å². The van der Waals surface area contributed by atoms with Crippen LogP contribution in [0.25, 0.3) is 0 Å². The van der Waals surface area contributed by atoms with Gasteiger partial charge < -0.3 is 21.4 Å². The molecule has 38 heavy (non-hydrogen) atoms. The summed E-state index contributed by atoms with van der Waals surface area (Å²) in [6, 6.07) is 1.19. The highest BCUT2D eigenvalue weighted by molar-refractivity contribution is 6.30. The van der Waals surface area contributed by atoms with Crippen molar-refractivity contribution in [3.63, 3.8) is 0 Å². The Morgan fingerprint density at radius 2 is 1.84 bits per heavy atom. The van der Waals surface area contributed by atoms with Gasteiger partial charge in [0.25, 0.3) is 5.91 Å². The van der Waals surface area contributed by atoms with Crippen LogP contribution in [0.1, 0.15) is 77.2 Å². The predicted octanol–water partition coefficient (Wildman–Crippen LogP) is 5.51. The Bertz CT molecular complexity index is 1010. The van der Waals surface area contributed by atoms with Crippen LogP contribution >= 0.6 is 11.6 Å². The van der Waals surface area contributed by atoms with E-state index in [0.717, 1.165) is 38.3 Å². The standard InChI is InChI=1S/C16H18ClFN4O.C8H12F3NO.C2H6/c17-14-7-10(11(18)9-21-14)12(19)8-13(20)15(23)22-6-2-1-3-16(22)4-5-16;9-8(10,11)6-1-3-7(4-2-6)12-5-13;1-2/h7-9,19H,1-6,20H2;5-7H,1-4H2,(H,12,13);1-2H3/b13-8-,19-12?;;. The van der Waals surface area contributed by atoms with Gasteiger partial charge in [0, 0.05) is 23.7 Å². The van der Waals surface area contributed by atoms with E-state index in [1.165, 1.54) is 12.1 Å². The lowest BCUT2D eigenvalue weighted by atomic mass is 9.86. The number of nitrogens with one attached hydrogen (secondary N) is 2. The molecule has 4 N–H and O–H groups in total. The summed E-state index contributed by atoms with van der Waals surface area (Å²) in [6.45, 7) is 4.69. The molecule has 1 aliphatic heterocycles. The van der Waals surface area contributed by atoms with Gasteiger partial charge in [-0.2, -0.15) is 13.2 Å². The molecular formula is C26H36ClF4N5O2. The van der Waals surface area contributed by atoms with Crippen molar-refractivity contribution >= 4 is 29.6 Å². The molecule has 2 amide bonds. The molecule has 0 bridgehead atoms. The molecule has 1 saturated heterocycles. The third-order valence-corrected chi connectivity index (χ3v) is 7.28. The molecule has 0 unspecified atom stereocenters. The first-order valence-corrected chi connectivity index (χ1v) is 13.3. The lowest BCUT2D eigenvalue weighted by Gasteiger charge is -2.36. The number of aromatic nitrogens is 1. The summed E-state index contributed by atoms with van der Waals surface area (Å²) >= 11 is 5.73. The summed E-state index contributed by atoms with van der Waals surface area (Å²) in [6.07, 6.45) is 4.90. The molecule has 1 aromatic rings. The molecule has 212 valence electrons. The molecule has 1 aromatic heterocycles. The Labute approximate surface area is 225 Å². The Morgan fingerprint density at radius 3 is 2.39 bits per heavy atom. The summed E-state index contributed by atoms with van der Waals surface area (Å²) in [4.78, 5) is 28.0. The first-order chi connectivity index (χ1) is 18.0. The van der Waals surface area contributed by atoms with Gasteiger partial charge in [-0.15, -0.1) is 0 Å². The number of likely N-dealkylation sites (tertiary alicyclic amines) is 1. The third kappa shape index (κ3) is 8.41. The molecule has 3 fully saturated rings. The van der Waals surface area contributed by atoms with E-state index in [1.54, 1.807) is 0 Å². The number of hydrogen-bond acceptors (Lipinski definition) is 5. The van der Waals surface area contributed by atoms with Crippen LogP contribution in [0.5, 0.6) is 0 Å². The van der Waals surface area contributed by atoms with E-state index >= 15 is 0 Å². The molecule has 0 aromatic carbocycles. The molecule has 12 heteroatoms. The maximum absolute atomic E-state index is 13.7. The Balaban J connectivity index is 0.000000288. The lowest BCUT2D eigenvalue weighted by Crippen LogP contribution is -2.47. The second kappa shape index (κ2) is 13.9. The number of piperidine rings is 1. The van der Waals surface area contributed by atoms with Gasteiger partial charge in [-0.25, -0.2) is 9.37 Å². The van der Waals surface area contributed by atoms with Gasteiger partial charge in [0.2, 0.25) is 6.41 Å². The Morgan fingerprint density at radius 1 is 1.21 bits per heavy atom. The fourth-order valence-electron chi connectivity index (χ4n) is 4.83. The maximum Gasteiger partial charge on any atom is 0.391 e. The first-order valence-electron chi connectivity index (χ1n) is 12.9. The minimum atomic E-state index is -4.06. The van der Waals surface area contributed by atoms with Gasteiger partial charge in [0.15, 0.2) is 5.82 Å². The fourth-order valence-corrected chi connectivity index (χ4v) is 4.99. The summed E-state index contributed by atoms with van der Waals surface area (Å²) in [5, 5.41) is 10.6. The van der Waals surface area contributed by atoms with Crippen molar-refractivity contribution in [2.24, 2.45) is 11.7 Å². The van der Waals surface area contributed by atoms with E-state index in [9.17, 15) is 27.2 Å². The number of alkyl halides is 3. The van der Waals surface area contributed by atoms with Gasteiger partial charge in [-0.05, 0) is 69.9 Å². The maximum atomic E-state index is 13.7. The van der Waals surface area contributed by atoms with E-state index in [4.69, 9.17) is 22.7 Å². The van der Waals surface area contributed by atoms with Crippen LogP contribution in [0.2, 0.25) is 5.15 Å². The smallest absolute Gasteiger partial charge is 0.391 e. The van der Waals surface area contributed by atoms with Crippen molar-refractivity contribution in [2.45, 2.75) is 89.4 Å². The van der Waals surface area contributed by atoms with Crippen molar-refractivity contribution in [3.8, 4) is 0 Å². The minimum absolute atomic E-state index is 0.0266. The van der Waals surface area contributed by atoms with E-state index in [-0.39, 0.29) is 52.5 Å². The lowest BCUT2D eigenvalue weighted by molar-refractivity contribution is -0.182. The summed E-state index contributed by atoms with van der Waals surface area (Å²) < 4.78 is 50.2. The summed E-state index contributed by atoms with van der Waals surface area (Å²) in [7, 11) is 0. The zero-order chi connectivity index (χ0) is 28.5. The van der Waals surface area contributed by atoms with Crippen LogP contribution in [0.3, 0.4) is 0 Å². The topological polar surface area (TPSA) is 112 Å². The molecule has 1 spiro atoms. The number of carbonyl (C=O) groups is 2.